The normalized spacial score (nSPS) is 13.7. The van der Waals surface area contributed by atoms with Gasteiger partial charge in [-0.3, -0.25) is 14.9 Å². The molecule has 33 heavy (non-hydrogen) atoms. The van der Waals surface area contributed by atoms with Crippen molar-refractivity contribution >= 4 is 17.4 Å². The van der Waals surface area contributed by atoms with E-state index in [1.165, 1.54) is 26.4 Å². The topological polar surface area (TPSA) is 131 Å². The van der Waals surface area contributed by atoms with Gasteiger partial charge in [0.05, 0.1) is 30.3 Å². The molecule has 2 aromatic rings. The zero-order valence-corrected chi connectivity index (χ0v) is 18.5. The van der Waals surface area contributed by atoms with Gasteiger partial charge in [-0.25, -0.2) is 4.98 Å². The minimum absolute atomic E-state index is 0.0695. The van der Waals surface area contributed by atoms with E-state index in [-0.39, 0.29) is 29.4 Å². The molecule has 0 unspecified atom stereocenters. The van der Waals surface area contributed by atoms with Gasteiger partial charge in [-0.05, 0) is 18.6 Å². The fourth-order valence-corrected chi connectivity index (χ4v) is 3.62. The highest BCUT2D eigenvalue weighted by Crippen LogP contribution is 2.35. The molecule has 3 rings (SSSR count). The Labute approximate surface area is 191 Å². The van der Waals surface area contributed by atoms with E-state index in [4.69, 9.17) is 14.2 Å². The van der Waals surface area contributed by atoms with Gasteiger partial charge in [-0.2, -0.15) is 5.26 Å². The third-order valence-corrected chi connectivity index (χ3v) is 5.24. The highest BCUT2D eigenvalue weighted by atomic mass is 16.6. The number of benzene rings is 1. The van der Waals surface area contributed by atoms with Gasteiger partial charge in [0, 0.05) is 45.6 Å². The first-order valence-corrected chi connectivity index (χ1v) is 10.4. The maximum absolute atomic E-state index is 13.3. The van der Waals surface area contributed by atoms with E-state index in [0.717, 1.165) is 0 Å². The highest BCUT2D eigenvalue weighted by Gasteiger charge is 2.29. The van der Waals surface area contributed by atoms with Crippen molar-refractivity contribution in [3.63, 3.8) is 0 Å². The minimum Gasteiger partial charge on any atom is -0.493 e. The fourth-order valence-electron chi connectivity index (χ4n) is 3.62. The summed E-state index contributed by atoms with van der Waals surface area (Å²) in [7, 11) is 2.92. The summed E-state index contributed by atoms with van der Waals surface area (Å²) in [4.78, 5) is 32.3. The van der Waals surface area contributed by atoms with Crippen LogP contribution in [0, 0.1) is 21.4 Å². The van der Waals surface area contributed by atoms with E-state index in [0.29, 0.717) is 50.6 Å². The molecule has 0 atom stereocenters. The van der Waals surface area contributed by atoms with Gasteiger partial charge in [0.25, 0.3) is 11.6 Å². The van der Waals surface area contributed by atoms with E-state index in [1.807, 2.05) is 4.90 Å². The number of nitro groups is 1. The molecule has 1 aliphatic heterocycles. The Kier molecular flexibility index (Phi) is 7.99. The Morgan fingerprint density at radius 1 is 1.21 bits per heavy atom. The molecule has 0 spiro atoms. The molecular weight excluding hydrogens is 430 g/mol. The lowest BCUT2D eigenvalue weighted by atomic mass is 10.1. The maximum Gasteiger partial charge on any atom is 0.286 e. The predicted octanol–water partition coefficient (Wildman–Crippen LogP) is 2.25. The van der Waals surface area contributed by atoms with Crippen LogP contribution >= 0.6 is 0 Å². The van der Waals surface area contributed by atoms with Crippen molar-refractivity contribution in [1.82, 2.24) is 9.88 Å². The van der Waals surface area contributed by atoms with E-state index >= 15 is 0 Å². The number of amides is 1. The van der Waals surface area contributed by atoms with Crippen LogP contribution in [0.5, 0.6) is 11.5 Å². The third kappa shape index (κ3) is 5.48. The smallest absolute Gasteiger partial charge is 0.286 e. The van der Waals surface area contributed by atoms with Gasteiger partial charge in [0.2, 0.25) is 0 Å². The minimum atomic E-state index is -0.604. The Bertz CT molecular complexity index is 1050. The third-order valence-electron chi connectivity index (χ3n) is 5.24. The number of nitriles is 1. The Balaban J connectivity index is 1.83. The number of rotatable bonds is 8. The summed E-state index contributed by atoms with van der Waals surface area (Å²) in [5, 5.41) is 21.1. The summed E-state index contributed by atoms with van der Waals surface area (Å²) >= 11 is 0. The number of hydrogen-bond acceptors (Lipinski definition) is 9. The van der Waals surface area contributed by atoms with Crippen LogP contribution in [0.25, 0.3) is 0 Å². The van der Waals surface area contributed by atoms with Crippen molar-refractivity contribution in [2.75, 3.05) is 58.5 Å². The van der Waals surface area contributed by atoms with Gasteiger partial charge in [-0.1, -0.05) is 0 Å². The van der Waals surface area contributed by atoms with Crippen LogP contribution in [0.15, 0.2) is 30.5 Å². The second kappa shape index (κ2) is 11.1. The van der Waals surface area contributed by atoms with Crippen LogP contribution in [-0.4, -0.2) is 74.3 Å². The zero-order chi connectivity index (χ0) is 23.8. The van der Waals surface area contributed by atoms with Crippen molar-refractivity contribution in [2.24, 2.45) is 0 Å². The van der Waals surface area contributed by atoms with E-state index in [1.54, 1.807) is 23.2 Å². The van der Waals surface area contributed by atoms with E-state index in [9.17, 15) is 20.2 Å². The van der Waals surface area contributed by atoms with Crippen LogP contribution in [0.1, 0.15) is 22.3 Å². The molecule has 11 heteroatoms. The summed E-state index contributed by atoms with van der Waals surface area (Å²) < 4.78 is 15.8. The first-order valence-electron chi connectivity index (χ1n) is 10.4. The number of nitrogens with zero attached hydrogens (tertiary/aromatic N) is 5. The number of carbonyl (C=O) groups is 1. The quantitative estimate of drug-likeness (QED) is 0.334. The number of pyridine rings is 1. The van der Waals surface area contributed by atoms with Crippen molar-refractivity contribution in [1.29, 1.82) is 5.26 Å². The number of aromatic nitrogens is 1. The summed E-state index contributed by atoms with van der Waals surface area (Å²) in [5.41, 5.74) is 0.0347. The summed E-state index contributed by atoms with van der Waals surface area (Å²) in [6, 6.07) is 8.08. The van der Waals surface area contributed by atoms with Crippen molar-refractivity contribution in [3.05, 3.63) is 51.7 Å². The van der Waals surface area contributed by atoms with Gasteiger partial charge in [0.1, 0.15) is 24.1 Å². The Hall–Kier alpha value is -3.91. The predicted molar refractivity (Wildman–Crippen MR) is 119 cm³/mol. The Morgan fingerprint density at radius 3 is 2.73 bits per heavy atom. The second-order valence-corrected chi connectivity index (χ2v) is 7.24. The van der Waals surface area contributed by atoms with E-state index in [2.05, 4.69) is 11.1 Å². The standard InChI is InChI=1S/C22H25N5O6/c1-31-11-12-33-20-14-18(27(29)30)17(13-19(20)32-2)22(28)26-8-4-7-25(9-10-26)21-16(15-23)5-3-6-24-21/h3,5-6,13-14H,4,7-12H2,1-2H3. The molecule has 0 saturated carbocycles. The molecule has 0 N–H and O–H groups in total. The number of carbonyl (C=O) groups excluding carboxylic acids is 1. The number of hydrogen-bond donors (Lipinski definition) is 0. The SMILES string of the molecule is COCCOc1cc([N+](=O)[O-])c(C(=O)N2CCCN(c3ncccc3C#N)CC2)cc1OC. The second-order valence-electron chi connectivity index (χ2n) is 7.24. The van der Waals surface area contributed by atoms with Crippen molar-refractivity contribution in [3.8, 4) is 17.6 Å². The summed E-state index contributed by atoms with van der Waals surface area (Å²) in [5.74, 6) is 0.494. The maximum atomic E-state index is 13.3. The largest absolute Gasteiger partial charge is 0.493 e. The van der Waals surface area contributed by atoms with Gasteiger partial charge in [0.15, 0.2) is 11.5 Å². The molecule has 174 valence electrons. The van der Waals surface area contributed by atoms with Gasteiger partial charge >= 0.3 is 0 Å². The molecule has 0 bridgehead atoms. The molecule has 1 saturated heterocycles. The monoisotopic (exact) mass is 455 g/mol. The first kappa shape index (κ1) is 23.7. The summed E-state index contributed by atoms with van der Waals surface area (Å²) in [6.45, 7) is 2.26. The molecule has 0 radical (unpaired) electrons. The lowest BCUT2D eigenvalue weighted by Gasteiger charge is -2.23. The molecule has 0 aliphatic carbocycles. The first-order chi connectivity index (χ1) is 16.0. The van der Waals surface area contributed by atoms with Crippen LogP contribution in [0.2, 0.25) is 0 Å². The molecule has 11 nitrogen and oxygen atoms in total. The number of methoxy groups -OCH3 is 2. The molecule has 1 aliphatic rings. The molecule has 1 aromatic heterocycles. The molecule has 2 heterocycles. The number of nitro benzene ring substituents is 1. The van der Waals surface area contributed by atoms with E-state index < -0.39 is 10.8 Å². The zero-order valence-electron chi connectivity index (χ0n) is 18.5. The number of ether oxygens (including phenoxy) is 3. The average Bonchev–Trinajstić information content (AvgIpc) is 3.09. The molecule has 1 fully saturated rings. The van der Waals surface area contributed by atoms with Gasteiger partial charge in [-0.15, -0.1) is 0 Å². The molecule has 1 amide bonds. The average molecular weight is 455 g/mol. The molecule has 1 aromatic carbocycles. The van der Waals surface area contributed by atoms with Crippen molar-refractivity contribution in [2.45, 2.75) is 6.42 Å². The van der Waals surface area contributed by atoms with Crippen LogP contribution < -0.4 is 14.4 Å². The number of anilines is 1. The van der Waals surface area contributed by atoms with Gasteiger partial charge < -0.3 is 24.0 Å². The highest BCUT2D eigenvalue weighted by molar-refractivity contribution is 5.99. The van der Waals surface area contributed by atoms with Crippen LogP contribution in [0.3, 0.4) is 0 Å². The van der Waals surface area contributed by atoms with Crippen molar-refractivity contribution < 1.29 is 23.9 Å². The Morgan fingerprint density at radius 2 is 2.03 bits per heavy atom. The summed E-state index contributed by atoms with van der Waals surface area (Å²) in [6.07, 6.45) is 2.24. The van der Waals surface area contributed by atoms with Crippen LogP contribution in [0.4, 0.5) is 11.5 Å². The fraction of sp³-hybridized carbons (Fsp3) is 0.409. The lowest BCUT2D eigenvalue weighted by molar-refractivity contribution is -0.385. The lowest BCUT2D eigenvalue weighted by Crippen LogP contribution is -2.36. The molecular formula is C22H25N5O6. The van der Waals surface area contributed by atoms with Crippen LogP contribution in [-0.2, 0) is 4.74 Å².